The molecule has 0 aromatic rings. The molecule has 5 nitrogen and oxygen atoms in total. The first-order chi connectivity index (χ1) is 8.87. The summed E-state index contributed by atoms with van der Waals surface area (Å²) in [6, 6.07) is 0.974. The first-order valence-corrected chi connectivity index (χ1v) is 7.23. The summed E-state index contributed by atoms with van der Waals surface area (Å²) in [6.45, 7) is 10.0. The molecule has 1 saturated heterocycles. The first kappa shape index (κ1) is 14.6. The summed E-state index contributed by atoms with van der Waals surface area (Å²) in [7, 11) is 0. The second-order valence-electron chi connectivity index (χ2n) is 6.49. The van der Waals surface area contributed by atoms with Crippen molar-refractivity contribution in [3.05, 3.63) is 0 Å². The summed E-state index contributed by atoms with van der Waals surface area (Å²) in [5, 5.41) is 3.56. The number of hydrogen-bond donors (Lipinski definition) is 1. The second-order valence-corrected chi connectivity index (χ2v) is 6.49. The van der Waals surface area contributed by atoms with Crippen LogP contribution in [0.2, 0.25) is 0 Å². The van der Waals surface area contributed by atoms with Crippen molar-refractivity contribution >= 4 is 6.09 Å². The highest BCUT2D eigenvalue weighted by molar-refractivity contribution is 5.69. The number of hydrogen-bond acceptors (Lipinski definition) is 4. The van der Waals surface area contributed by atoms with Gasteiger partial charge in [-0.3, -0.25) is 0 Å². The maximum absolute atomic E-state index is 11.7. The minimum Gasteiger partial charge on any atom is -0.444 e. The fourth-order valence-electron chi connectivity index (χ4n) is 2.47. The zero-order chi connectivity index (χ0) is 14.0. The van der Waals surface area contributed by atoms with Gasteiger partial charge in [0, 0.05) is 31.8 Å². The summed E-state index contributed by atoms with van der Waals surface area (Å²) >= 11 is 0. The number of nitrogens with one attached hydrogen (secondary N) is 1. The highest BCUT2D eigenvalue weighted by atomic mass is 16.6. The molecule has 1 aliphatic carbocycles. The van der Waals surface area contributed by atoms with Crippen LogP contribution in [0.1, 0.15) is 40.5 Å². The van der Waals surface area contributed by atoms with E-state index in [0.717, 1.165) is 32.5 Å². The summed E-state index contributed by atoms with van der Waals surface area (Å²) in [5.41, 5.74) is -0.408. The molecule has 0 aromatic carbocycles. The third-order valence-corrected chi connectivity index (χ3v) is 3.50. The Morgan fingerprint density at radius 3 is 2.42 bits per heavy atom. The van der Waals surface area contributed by atoms with Crippen molar-refractivity contribution in [2.75, 3.05) is 19.7 Å². The zero-order valence-corrected chi connectivity index (χ0v) is 12.4. The molecule has 2 fully saturated rings. The fraction of sp³-hybridized carbons (Fsp3) is 0.929. The molecule has 1 amide bonds. The van der Waals surface area contributed by atoms with Crippen LogP contribution in [0.4, 0.5) is 4.79 Å². The predicted octanol–water partition coefficient (Wildman–Crippen LogP) is 1.76. The standard InChI is InChI=1S/C14H26N2O3/c1-5-18-12-6-10(7-12)15-11-8-16(9-11)13(17)19-14(2,3)4/h10-12,15H,5-9H2,1-4H3. The highest BCUT2D eigenvalue weighted by Crippen LogP contribution is 2.25. The lowest BCUT2D eigenvalue weighted by molar-refractivity contribution is -0.0252. The lowest BCUT2D eigenvalue weighted by Crippen LogP contribution is -2.64. The van der Waals surface area contributed by atoms with Crippen LogP contribution in [0.25, 0.3) is 0 Å². The van der Waals surface area contributed by atoms with Gasteiger partial charge in [-0.1, -0.05) is 0 Å². The van der Waals surface area contributed by atoms with Gasteiger partial charge in [0.1, 0.15) is 5.60 Å². The van der Waals surface area contributed by atoms with Gasteiger partial charge in [0.2, 0.25) is 0 Å². The fourth-order valence-corrected chi connectivity index (χ4v) is 2.47. The Hall–Kier alpha value is -0.810. The van der Waals surface area contributed by atoms with E-state index in [-0.39, 0.29) is 6.09 Å². The highest BCUT2D eigenvalue weighted by Gasteiger charge is 2.37. The van der Waals surface area contributed by atoms with Crippen molar-refractivity contribution in [1.82, 2.24) is 10.2 Å². The largest absolute Gasteiger partial charge is 0.444 e. The van der Waals surface area contributed by atoms with Crippen molar-refractivity contribution in [2.45, 2.75) is 64.3 Å². The summed E-state index contributed by atoms with van der Waals surface area (Å²) in [4.78, 5) is 13.5. The molecule has 5 heteroatoms. The van der Waals surface area contributed by atoms with Gasteiger partial charge in [0.05, 0.1) is 6.10 Å². The molecule has 0 spiro atoms. The van der Waals surface area contributed by atoms with Crippen LogP contribution >= 0.6 is 0 Å². The van der Waals surface area contributed by atoms with E-state index in [4.69, 9.17) is 9.47 Å². The zero-order valence-electron chi connectivity index (χ0n) is 12.4. The number of carbonyl (C=O) groups is 1. The molecule has 0 bridgehead atoms. The Labute approximate surface area is 115 Å². The summed E-state index contributed by atoms with van der Waals surface area (Å²) in [6.07, 6.45) is 2.42. The molecule has 0 atom stereocenters. The van der Waals surface area contributed by atoms with E-state index >= 15 is 0 Å². The first-order valence-electron chi connectivity index (χ1n) is 7.23. The molecule has 0 radical (unpaired) electrons. The molecule has 0 unspecified atom stereocenters. The van der Waals surface area contributed by atoms with Gasteiger partial charge >= 0.3 is 6.09 Å². The normalized spacial score (nSPS) is 27.7. The van der Waals surface area contributed by atoms with Gasteiger partial charge in [0.15, 0.2) is 0 Å². The lowest BCUT2D eigenvalue weighted by Gasteiger charge is -2.45. The molecule has 2 rings (SSSR count). The van der Waals surface area contributed by atoms with Crippen LogP contribution in [0.3, 0.4) is 0 Å². The van der Waals surface area contributed by atoms with E-state index < -0.39 is 5.60 Å². The third-order valence-electron chi connectivity index (χ3n) is 3.50. The average Bonchev–Trinajstić information content (AvgIpc) is 2.14. The molecule has 1 N–H and O–H groups in total. The third kappa shape index (κ3) is 4.08. The van der Waals surface area contributed by atoms with Gasteiger partial charge in [-0.15, -0.1) is 0 Å². The van der Waals surface area contributed by atoms with Gasteiger partial charge in [-0.25, -0.2) is 4.79 Å². The summed E-state index contributed by atoms with van der Waals surface area (Å²) < 4.78 is 10.9. The second kappa shape index (κ2) is 5.67. The molecule has 1 heterocycles. The van der Waals surface area contributed by atoms with E-state index in [2.05, 4.69) is 5.32 Å². The molecule has 0 aromatic heterocycles. The van der Waals surface area contributed by atoms with E-state index in [1.54, 1.807) is 4.90 Å². The van der Waals surface area contributed by atoms with E-state index in [1.165, 1.54) is 0 Å². The van der Waals surface area contributed by atoms with Crippen LogP contribution in [-0.2, 0) is 9.47 Å². The number of amides is 1. The molecule has 2 aliphatic rings. The van der Waals surface area contributed by atoms with Crippen LogP contribution in [0, 0.1) is 0 Å². The van der Waals surface area contributed by atoms with Crippen molar-refractivity contribution in [3.63, 3.8) is 0 Å². The Kier molecular flexibility index (Phi) is 4.36. The minimum atomic E-state index is -0.408. The maximum atomic E-state index is 11.7. The van der Waals surface area contributed by atoms with Gasteiger partial charge in [0.25, 0.3) is 0 Å². The number of likely N-dealkylation sites (tertiary alicyclic amines) is 1. The van der Waals surface area contributed by atoms with E-state index in [0.29, 0.717) is 18.2 Å². The summed E-state index contributed by atoms with van der Waals surface area (Å²) in [5.74, 6) is 0. The molecule has 1 aliphatic heterocycles. The van der Waals surface area contributed by atoms with Gasteiger partial charge < -0.3 is 19.7 Å². The van der Waals surface area contributed by atoms with Gasteiger partial charge in [-0.05, 0) is 40.5 Å². The van der Waals surface area contributed by atoms with E-state index in [9.17, 15) is 4.79 Å². The lowest BCUT2D eigenvalue weighted by atomic mass is 9.88. The van der Waals surface area contributed by atoms with Gasteiger partial charge in [-0.2, -0.15) is 0 Å². The SMILES string of the molecule is CCOC1CC(NC2CN(C(=O)OC(C)(C)C)C2)C1. The smallest absolute Gasteiger partial charge is 0.410 e. The van der Waals surface area contributed by atoms with E-state index in [1.807, 2.05) is 27.7 Å². The van der Waals surface area contributed by atoms with Crippen LogP contribution in [-0.4, -0.2) is 54.5 Å². The number of nitrogens with zero attached hydrogens (tertiary/aromatic N) is 1. The molecule has 1 saturated carbocycles. The molecule has 19 heavy (non-hydrogen) atoms. The molecular weight excluding hydrogens is 244 g/mol. The number of carbonyl (C=O) groups excluding carboxylic acids is 1. The van der Waals surface area contributed by atoms with Crippen LogP contribution in [0.15, 0.2) is 0 Å². The number of ether oxygens (including phenoxy) is 2. The Morgan fingerprint density at radius 1 is 1.26 bits per heavy atom. The monoisotopic (exact) mass is 270 g/mol. The predicted molar refractivity (Wildman–Crippen MR) is 73.2 cm³/mol. The van der Waals surface area contributed by atoms with Crippen molar-refractivity contribution in [2.24, 2.45) is 0 Å². The maximum Gasteiger partial charge on any atom is 0.410 e. The molecular formula is C14H26N2O3. The van der Waals surface area contributed by atoms with Crippen molar-refractivity contribution in [3.8, 4) is 0 Å². The average molecular weight is 270 g/mol. The number of rotatable bonds is 4. The quantitative estimate of drug-likeness (QED) is 0.846. The minimum absolute atomic E-state index is 0.202. The van der Waals surface area contributed by atoms with Crippen molar-refractivity contribution < 1.29 is 14.3 Å². The van der Waals surface area contributed by atoms with Crippen LogP contribution in [0.5, 0.6) is 0 Å². The topological polar surface area (TPSA) is 50.8 Å². The Balaban J connectivity index is 1.58. The molecule has 110 valence electrons. The van der Waals surface area contributed by atoms with Crippen LogP contribution < -0.4 is 5.32 Å². The van der Waals surface area contributed by atoms with Crippen molar-refractivity contribution in [1.29, 1.82) is 0 Å². The Bertz CT molecular complexity index is 315. The Morgan fingerprint density at radius 2 is 1.89 bits per heavy atom.